The van der Waals surface area contributed by atoms with Crippen molar-refractivity contribution in [2.75, 3.05) is 32.7 Å². The molecule has 3 rings (SSSR count). The van der Waals surface area contributed by atoms with Crippen LogP contribution >= 0.6 is 0 Å². The minimum Gasteiger partial charge on any atom is -0.369 e. The third kappa shape index (κ3) is 5.33. The zero-order valence-corrected chi connectivity index (χ0v) is 17.8. The van der Waals surface area contributed by atoms with Gasteiger partial charge in [-0.2, -0.15) is 0 Å². The first-order valence-electron chi connectivity index (χ1n) is 10.5. The number of allylic oxidation sites excluding steroid dienone is 1. The molecule has 0 aromatic heterocycles. The Balaban J connectivity index is 0.00000126. The number of fused-ring (bicyclic) bond motifs is 1. The van der Waals surface area contributed by atoms with Gasteiger partial charge in [-0.1, -0.05) is 50.3 Å². The van der Waals surface area contributed by atoms with Crippen molar-refractivity contribution in [2.45, 2.75) is 47.1 Å². The normalized spacial score (nSPS) is 15.8. The molecule has 1 aliphatic heterocycles. The number of hydrogen-bond donors (Lipinski definition) is 1. The van der Waals surface area contributed by atoms with Gasteiger partial charge in [0.25, 0.3) is 0 Å². The predicted molar refractivity (Wildman–Crippen MR) is 120 cm³/mol. The maximum Gasteiger partial charge on any atom is 0.0397 e. The number of benzene rings is 2. The van der Waals surface area contributed by atoms with Gasteiger partial charge < -0.3 is 10.6 Å². The van der Waals surface area contributed by atoms with Crippen molar-refractivity contribution >= 4 is 16.5 Å². The van der Waals surface area contributed by atoms with E-state index in [2.05, 4.69) is 73.0 Å². The highest BCUT2D eigenvalue weighted by Crippen LogP contribution is 2.26. The zero-order valence-electron chi connectivity index (χ0n) is 17.8. The fourth-order valence-electron chi connectivity index (χ4n) is 3.79. The van der Waals surface area contributed by atoms with Gasteiger partial charge in [0, 0.05) is 37.9 Å². The highest BCUT2D eigenvalue weighted by Gasteiger charge is 2.20. The van der Waals surface area contributed by atoms with Crippen LogP contribution in [0.1, 0.15) is 45.7 Å². The number of piperazine rings is 1. The average molecular weight is 368 g/mol. The number of rotatable bonds is 5. The molecule has 1 saturated heterocycles. The first-order chi connectivity index (χ1) is 13.1. The van der Waals surface area contributed by atoms with Gasteiger partial charge in [0.15, 0.2) is 0 Å². The predicted octanol–water partition coefficient (Wildman–Crippen LogP) is 4.75. The van der Waals surface area contributed by atoms with Crippen LogP contribution in [-0.4, -0.2) is 48.6 Å². The minimum atomic E-state index is 0.639. The van der Waals surface area contributed by atoms with Crippen LogP contribution in [0.15, 0.2) is 42.5 Å². The molecule has 0 unspecified atom stereocenters. The van der Waals surface area contributed by atoms with Gasteiger partial charge in [0.05, 0.1) is 0 Å². The van der Waals surface area contributed by atoms with Gasteiger partial charge in [-0.15, -0.1) is 0 Å². The lowest BCUT2D eigenvalue weighted by Gasteiger charge is -2.39. The van der Waals surface area contributed by atoms with Crippen LogP contribution in [0.5, 0.6) is 0 Å². The van der Waals surface area contributed by atoms with Gasteiger partial charge in [0.2, 0.25) is 0 Å². The summed E-state index contributed by atoms with van der Waals surface area (Å²) < 4.78 is 0. The highest BCUT2D eigenvalue weighted by molar-refractivity contribution is 5.86. The third-order valence-corrected chi connectivity index (χ3v) is 5.29. The molecule has 3 heteroatoms. The Labute approximate surface area is 165 Å². The Bertz CT molecular complexity index is 740. The van der Waals surface area contributed by atoms with Crippen molar-refractivity contribution in [1.82, 2.24) is 9.80 Å². The summed E-state index contributed by atoms with van der Waals surface area (Å²) in [6, 6.07) is 14.2. The van der Waals surface area contributed by atoms with Crippen molar-refractivity contribution in [3.05, 3.63) is 53.6 Å². The minimum absolute atomic E-state index is 0.639. The lowest BCUT2D eigenvalue weighted by Crippen LogP contribution is -2.47. The molecule has 0 atom stereocenters. The Hall–Kier alpha value is -1.84. The van der Waals surface area contributed by atoms with Crippen molar-refractivity contribution in [3.8, 4) is 0 Å². The molecule has 0 amide bonds. The first-order valence-corrected chi connectivity index (χ1v) is 10.5. The fourth-order valence-corrected chi connectivity index (χ4v) is 3.79. The molecule has 2 aromatic rings. The van der Waals surface area contributed by atoms with Crippen molar-refractivity contribution in [2.24, 2.45) is 5.73 Å². The summed E-state index contributed by atoms with van der Waals surface area (Å²) in [5.74, 6) is 0. The van der Waals surface area contributed by atoms with Crippen LogP contribution in [0.4, 0.5) is 0 Å². The van der Waals surface area contributed by atoms with E-state index in [-0.39, 0.29) is 0 Å². The molecule has 1 aliphatic rings. The van der Waals surface area contributed by atoms with E-state index >= 15 is 0 Å². The summed E-state index contributed by atoms with van der Waals surface area (Å²) in [7, 11) is 0. The molecule has 3 nitrogen and oxygen atoms in total. The molecule has 2 aromatic carbocycles. The molecular weight excluding hydrogens is 330 g/mol. The van der Waals surface area contributed by atoms with E-state index in [9.17, 15) is 0 Å². The number of nitrogens with two attached hydrogens (primary N) is 1. The monoisotopic (exact) mass is 367 g/mol. The average Bonchev–Trinajstić information content (AvgIpc) is 2.71. The smallest absolute Gasteiger partial charge is 0.0397 e. The number of nitrogens with zero attached hydrogens (tertiary/aromatic N) is 2. The van der Waals surface area contributed by atoms with E-state index < -0.39 is 0 Å². The van der Waals surface area contributed by atoms with Gasteiger partial charge in [0.1, 0.15) is 0 Å². The summed E-state index contributed by atoms with van der Waals surface area (Å²) in [5, 5.41) is 2.60. The molecule has 0 radical (unpaired) electrons. The largest absolute Gasteiger partial charge is 0.369 e. The molecule has 1 fully saturated rings. The van der Waals surface area contributed by atoms with Gasteiger partial charge in [-0.25, -0.2) is 0 Å². The van der Waals surface area contributed by atoms with Crippen LogP contribution in [0.25, 0.3) is 16.5 Å². The first kappa shape index (κ1) is 21.5. The standard InChI is InChI=1S/C22H31N3.C2H6/c1-4-22(25-13-11-24(12-14-25)17(2)3)21-8-7-19-15-18(9-10-23)5-6-20(19)16-21;1-2/h4-8,15-17H,9-14,23H2,1-3H3;1-2H3/b22-4-;. The summed E-state index contributed by atoms with van der Waals surface area (Å²) in [5.41, 5.74) is 9.68. The number of hydrogen-bond acceptors (Lipinski definition) is 3. The molecular formula is C24H37N3. The third-order valence-electron chi connectivity index (χ3n) is 5.29. The molecule has 27 heavy (non-hydrogen) atoms. The Morgan fingerprint density at radius 3 is 2.22 bits per heavy atom. The Morgan fingerprint density at radius 1 is 1.00 bits per heavy atom. The van der Waals surface area contributed by atoms with E-state index in [0.29, 0.717) is 12.6 Å². The van der Waals surface area contributed by atoms with E-state index in [1.807, 2.05) is 13.8 Å². The van der Waals surface area contributed by atoms with Crippen molar-refractivity contribution < 1.29 is 0 Å². The van der Waals surface area contributed by atoms with Crippen LogP contribution in [0, 0.1) is 0 Å². The molecule has 0 spiro atoms. The zero-order chi connectivity index (χ0) is 19.8. The SMILES string of the molecule is C/C=C(/c1ccc2cc(CCN)ccc2c1)N1CCN(C(C)C)CC1.CC. The second-order valence-corrected chi connectivity index (χ2v) is 7.23. The summed E-state index contributed by atoms with van der Waals surface area (Å²) >= 11 is 0. The Morgan fingerprint density at radius 2 is 1.63 bits per heavy atom. The lowest BCUT2D eigenvalue weighted by atomic mass is 10.0. The van der Waals surface area contributed by atoms with Crippen molar-refractivity contribution in [1.29, 1.82) is 0 Å². The van der Waals surface area contributed by atoms with Gasteiger partial charge in [-0.3, -0.25) is 4.90 Å². The maximum absolute atomic E-state index is 5.68. The van der Waals surface area contributed by atoms with E-state index in [4.69, 9.17) is 5.73 Å². The van der Waals surface area contributed by atoms with Crippen LogP contribution in [0.2, 0.25) is 0 Å². The molecule has 148 valence electrons. The molecule has 2 N–H and O–H groups in total. The highest BCUT2D eigenvalue weighted by atomic mass is 15.3. The van der Waals surface area contributed by atoms with Gasteiger partial charge in [-0.05, 0) is 61.7 Å². The lowest BCUT2D eigenvalue weighted by molar-refractivity contribution is 0.143. The molecule has 0 saturated carbocycles. The second kappa shape index (κ2) is 10.5. The molecule has 0 bridgehead atoms. The van der Waals surface area contributed by atoms with Crippen LogP contribution in [-0.2, 0) is 6.42 Å². The van der Waals surface area contributed by atoms with Gasteiger partial charge >= 0.3 is 0 Å². The van der Waals surface area contributed by atoms with Crippen LogP contribution in [0.3, 0.4) is 0 Å². The van der Waals surface area contributed by atoms with E-state index in [0.717, 1.165) is 32.6 Å². The molecule has 1 heterocycles. The van der Waals surface area contributed by atoms with E-state index in [1.165, 1.54) is 27.6 Å². The summed E-state index contributed by atoms with van der Waals surface area (Å²) in [4.78, 5) is 5.09. The summed E-state index contributed by atoms with van der Waals surface area (Å²) in [6.07, 6.45) is 3.20. The maximum atomic E-state index is 5.68. The molecule has 0 aliphatic carbocycles. The van der Waals surface area contributed by atoms with E-state index in [1.54, 1.807) is 0 Å². The van der Waals surface area contributed by atoms with Crippen molar-refractivity contribution in [3.63, 3.8) is 0 Å². The second-order valence-electron chi connectivity index (χ2n) is 7.23. The Kier molecular flexibility index (Phi) is 8.33. The topological polar surface area (TPSA) is 32.5 Å². The fraction of sp³-hybridized carbons (Fsp3) is 0.500. The summed E-state index contributed by atoms with van der Waals surface area (Å²) in [6.45, 7) is 15.9. The van der Waals surface area contributed by atoms with Crippen LogP contribution < -0.4 is 5.73 Å². The quantitative estimate of drug-likeness (QED) is 0.827.